The lowest BCUT2D eigenvalue weighted by Gasteiger charge is -2.60. The Kier molecular flexibility index (Phi) is 4.60. The maximum Gasteiger partial charge on any atom is 0.414 e. The smallest absolute Gasteiger partial charge is 0.414 e. The topological polar surface area (TPSA) is 102 Å². The highest BCUT2D eigenvalue weighted by Gasteiger charge is 2.76. The van der Waals surface area contributed by atoms with Gasteiger partial charge in [0.2, 0.25) is 5.91 Å². The summed E-state index contributed by atoms with van der Waals surface area (Å²) < 4.78 is 15.8. The van der Waals surface area contributed by atoms with Crippen LogP contribution < -0.4 is 4.90 Å². The van der Waals surface area contributed by atoms with Crippen molar-refractivity contribution in [1.29, 1.82) is 0 Å². The van der Waals surface area contributed by atoms with Crippen molar-refractivity contribution in [2.75, 3.05) is 32.8 Å². The zero-order valence-corrected chi connectivity index (χ0v) is 18.8. The summed E-state index contributed by atoms with van der Waals surface area (Å²) in [5.74, 6) is -2.15. The first-order valence-corrected chi connectivity index (χ1v) is 11.0. The number of hydrogen-bond donors (Lipinski definition) is 0. The van der Waals surface area contributed by atoms with E-state index in [1.54, 1.807) is 29.2 Å². The first-order valence-electron chi connectivity index (χ1n) is 11.0. The molecule has 3 fully saturated rings. The van der Waals surface area contributed by atoms with Crippen LogP contribution in [0.2, 0.25) is 0 Å². The average Bonchev–Trinajstić information content (AvgIpc) is 3.25. The monoisotopic (exact) mass is 454 g/mol. The second-order valence-electron chi connectivity index (χ2n) is 9.10. The molecule has 4 aliphatic heterocycles. The zero-order valence-electron chi connectivity index (χ0n) is 18.8. The van der Waals surface area contributed by atoms with Gasteiger partial charge in [0, 0.05) is 12.6 Å². The summed E-state index contributed by atoms with van der Waals surface area (Å²) >= 11 is 0. The van der Waals surface area contributed by atoms with Gasteiger partial charge in [0.25, 0.3) is 0 Å². The average molecular weight is 454 g/mol. The highest BCUT2D eigenvalue weighted by molar-refractivity contribution is 6.03. The molecule has 9 heteroatoms. The standard InChI is InChI=1S/C24H26N2O7/c1-31-19(28)16-14-22-9-8-18(27)25(22)13-12-23(20(29)32-2)15-6-4-5-7-17(15)26(21(30)33-3)24(16,23)11-10-22/h4-9,16H,10-14H2,1-3H3/t16-,22-,23+,24-/m1/s1. The van der Waals surface area contributed by atoms with Gasteiger partial charge in [0.05, 0.1) is 44.0 Å². The fourth-order valence-electron chi connectivity index (χ4n) is 6.97. The van der Waals surface area contributed by atoms with Crippen LogP contribution in [0.15, 0.2) is 36.4 Å². The molecule has 5 aliphatic rings. The van der Waals surface area contributed by atoms with Gasteiger partial charge in [-0.1, -0.05) is 24.3 Å². The van der Waals surface area contributed by atoms with Gasteiger partial charge in [-0.15, -0.1) is 0 Å². The van der Waals surface area contributed by atoms with Gasteiger partial charge in [-0.3, -0.25) is 19.3 Å². The maximum absolute atomic E-state index is 13.8. The molecule has 2 saturated heterocycles. The van der Waals surface area contributed by atoms with Crippen molar-refractivity contribution in [2.45, 2.75) is 42.2 Å². The molecule has 0 N–H and O–H groups in total. The Hall–Kier alpha value is -3.36. The van der Waals surface area contributed by atoms with Crippen molar-refractivity contribution in [3.05, 3.63) is 42.0 Å². The third-order valence-corrected chi connectivity index (χ3v) is 8.24. The summed E-state index contributed by atoms with van der Waals surface area (Å²) in [6, 6.07) is 7.11. The minimum atomic E-state index is -1.39. The van der Waals surface area contributed by atoms with Crippen molar-refractivity contribution in [3.8, 4) is 0 Å². The van der Waals surface area contributed by atoms with E-state index in [0.717, 1.165) is 0 Å². The number of carbonyl (C=O) groups excluding carboxylic acids is 4. The van der Waals surface area contributed by atoms with E-state index >= 15 is 0 Å². The van der Waals surface area contributed by atoms with Gasteiger partial charge in [-0.05, 0) is 37.3 Å². The van der Waals surface area contributed by atoms with Crippen LogP contribution in [-0.2, 0) is 34.0 Å². The number of carbonyl (C=O) groups is 4. The molecule has 2 amide bonds. The number of hydrogen-bond acceptors (Lipinski definition) is 7. The van der Waals surface area contributed by atoms with E-state index in [1.165, 1.54) is 32.3 Å². The van der Waals surface area contributed by atoms with Gasteiger partial charge < -0.3 is 19.1 Å². The van der Waals surface area contributed by atoms with E-state index < -0.39 is 40.4 Å². The molecule has 6 rings (SSSR count). The van der Waals surface area contributed by atoms with Crippen molar-refractivity contribution in [2.24, 2.45) is 5.92 Å². The van der Waals surface area contributed by atoms with E-state index in [2.05, 4.69) is 0 Å². The van der Waals surface area contributed by atoms with Crippen molar-refractivity contribution in [3.63, 3.8) is 0 Å². The lowest BCUT2D eigenvalue weighted by atomic mass is 9.51. The summed E-state index contributed by atoms with van der Waals surface area (Å²) in [4.78, 5) is 56.6. The first kappa shape index (κ1) is 21.5. The highest BCUT2D eigenvalue weighted by atomic mass is 16.5. The molecule has 1 saturated carbocycles. The van der Waals surface area contributed by atoms with Crippen molar-refractivity contribution < 1.29 is 33.4 Å². The minimum Gasteiger partial charge on any atom is -0.469 e. The fourth-order valence-corrected chi connectivity index (χ4v) is 6.97. The molecule has 0 unspecified atom stereocenters. The molecule has 2 spiro atoms. The van der Waals surface area contributed by atoms with Crippen LogP contribution in [0.5, 0.6) is 0 Å². The van der Waals surface area contributed by atoms with Crippen LogP contribution in [0, 0.1) is 5.92 Å². The Bertz CT molecular complexity index is 1100. The largest absolute Gasteiger partial charge is 0.469 e. The fraction of sp³-hybridized carbons (Fsp3) is 0.500. The molecule has 4 heterocycles. The molecule has 9 nitrogen and oxygen atoms in total. The van der Waals surface area contributed by atoms with E-state index in [-0.39, 0.29) is 31.7 Å². The summed E-state index contributed by atoms with van der Waals surface area (Å²) in [5, 5.41) is 0. The summed E-state index contributed by atoms with van der Waals surface area (Å²) in [6.45, 7) is 0.278. The van der Waals surface area contributed by atoms with E-state index in [1.807, 2.05) is 6.08 Å². The minimum absolute atomic E-state index is 0.149. The normalized spacial score (nSPS) is 33.5. The Morgan fingerprint density at radius 1 is 1.00 bits per heavy atom. The number of rotatable bonds is 2. The predicted octanol–water partition coefficient (Wildman–Crippen LogP) is 1.94. The molecule has 0 radical (unpaired) electrons. The SMILES string of the molecule is COC(=O)[C@H]1C[C@]23C=CC(=O)N2CC[C@@]2(C(=O)OC)c4ccccc4N(C(=O)OC)[C@]12CC3. The Labute approximate surface area is 191 Å². The molecule has 1 aromatic carbocycles. The van der Waals surface area contributed by atoms with Gasteiger partial charge in [-0.2, -0.15) is 0 Å². The quantitative estimate of drug-likeness (QED) is 0.497. The Morgan fingerprint density at radius 2 is 1.76 bits per heavy atom. The molecule has 0 aromatic heterocycles. The zero-order chi connectivity index (χ0) is 23.6. The number of para-hydroxylation sites is 1. The number of esters is 2. The van der Waals surface area contributed by atoms with Gasteiger partial charge in [0.1, 0.15) is 5.41 Å². The number of amides is 2. The van der Waals surface area contributed by atoms with Gasteiger partial charge in [-0.25, -0.2) is 4.79 Å². The molecule has 2 bridgehead atoms. The first-order chi connectivity index (χ1) is 15.8. The molecule has 1 aromatic rings. The number of benzene rings is 1. The van der Waals surface area contributed by atoms with Crippen LogP contribution in [-0.4, -0.2) is 67.8 Å². The molecule has 33 heavy (non-hydrogen) atoms. The summed E-state index contributed by atoms with van der Waals surface area (Å²) in [7, 11) is 3.87. The van der Waals surface area contributed by atoms with E-state index in [0.29, 0.717) is 17.7 Å². The van der Waals surface area contributed by atoms with Crippen molar-refractivity contribution in [1.82, 2.24) is 4.90 Å². The second-order valence-corrected chi connectivity index (χ2v) is 9.10. The number of anilines is 1. The van der Waals surface area contributed by atoms with Crippen LogP contribution >= 0.6 is 0 Å². The number of ether oxygens (including phenoxy) is 3. The molecule has 1 aliphatic carbocycles. The van der Waals surface area contributed by atoms with Crippen LogP contribution in [0.25, 0.3) is 0 Å². The van der Waals surface area contributed by atoms with Gasteiger partial charge >= 0.3 is 18.0 Å². The highest BCUT2D eigenvalue weighted by Crippen LogP contribution is 2.65. The molecule has 4 atom stereocenters. The lowest BCUT2D eigenvalue weighted by molar-refractivity contribution is -0.167. The van der Waals surface area contributed by atoms with Crippen LogP contribution in [0.1, 0.15) is 31.2 Å². The summed E-state index contributed by atoms with van der Waals surface area (Å²) in [5.41, 5.74) is -2.27. The number of fused-ring (bicyclic) bond motifs is 4. The lowest BCUT2D eigenvalue weighted by Crippen LogP contribution is -2.74. The Morgan fingerprint density at radius 3 is 2.45 bits per heavy atom. The molecule has 174 valence electrons. The van der Waals surface area contributed by atoms with E-state index in [9.17, 15) is 19.2 Å². The summed E-state index contributed by atoms with van der Waals surface area (Å²) in [6.07, 6.45) is 3.89. The van der Waals surface area contributed by atoms with E-state index in [4.69, 9.17) is 14.2 Å². The van der Waals surface area contributed by atoms with Crippen LogP contribution in [0.4, 0.5) is 10.5 Å². The molecular weight excluding hydrogens is 428 g/mol. The second kappa shape index (κ2) is 7.07. The number of methoxy groups -OCH3 is 3. The van der Waals surface area contributed by atoms with Gasteiger partial charge in [0.15, 0.2) is 0 Å². The third-order valence-electron chi connectivity index (χ3n) is 8.24. The number of nitrogens with zero attached hydrogens (tertiary/aromatic N) is 2. The maximum atomic E-state index is 13.8. The predicted molar refractivity (Wildman–Crippen MR) is 115 cm³/mol. The van der Waals surface area contributed by atoms with Crippen molar-refractivity contribution >= 4 is 29.6 Å². The Balaban J connectivity index is 1.87. The third kappa shape index (κ3) is 2.37. The molecular formula is C24H26N2O7. The van der Waals surface area contributed by atoms with Crippen LogP contribution in [0.3, 0.4) is 0 Å².